The van der Waals surface area contributed by atoms with E-state index in [-0.39, 0.29) is 30.9 Å². The Morgan fingerprint density at radius 2 is 0.844 bits per heavy atom. The van der Waals surface area contributed by atoms with Gasteiger partial charge >= 0.3 is 23.9 Å². The molecule has 0 atom stereocenters. The largest absolute Gasteiger partial charge is 0.462 e. The first kappa shape index (κ1) is 24.6. The summed E-state index contributed by atoms with van der Waals surface area (Å²) in [6.07, 6.45) is 1.72. The Kier molecular flexibility index (Phi) is 9.90. The lowest BCUT2D eigenvalue weighted by molar-refractivity contribution is 0.0265. The molecule has 0 unspecified atom stereocenters. The summed E-state index contributed by atoms with van der Waals surface area (Å²) in [5, 5.41) is 0. The zero-order valence-electron chi connectivity index (χ0n) is 18.1. The number of hydrogen-bond acceptors (Lipinski definition) is 8. The highest BCUT2D eigenvalue weighted by atomic mass is 16.6. The summed E-state index contributed by atoms with van der Waals surface area (Å²) in [6, 6.07) is 11.8. The number of esters is 4. The fourth-order valence-electron chi connectivity index (χ4n) is 2.53. The number of carbonyl (C=O) groups is 4. The summed E-state index contributed by atoms with van der Waals surface area (Å²) < 4.78 is 20.1. The number of hydrogen-bond donors (Lipinski definition) is 0. The molecule has 0 saturated carbocycles. The van der Waals surface area contributed by atoms with Crippen LogP contribution in [0.25, 0.3) is 0 Å². The molecule has 8 nitrogen and oxygen atoms in total. The molecule has 0 N–H and O–H groups in total. The molecule has 0 aliphatic rings. The zero-order chi connectivity index (χ0) is 23.3. The third-order valence-electron chi connectivity index (χ3n) is 4.27. The van der Waals surface area contributed by atoms with Crippen LogP contribution >= 0.6 is 0 Å². The zero-order valence-corrected chi connectivity index (χ0v) is 18.1. The van der Waals surface area contributed by atoms with Crippen molar-refractivity contribution in [3.63, 3.8) is 0 Å². The molecule has 0 spiro atoms. The fourth-order valence-corrected chi connectivity index (χ4v) is 2.53. The molecule has 0 radical (unpaired) electrons. The lowest BCUT2D eigenvalue weighted by Crippen LogP contribution is -2.14. The number of carbonyl (C=O) groups excluding carboxylic acids is 4. The van der Waals surface area contributed by atoms with Gasteiger partial charge in [0.2, 0.25) is 0 Å². The maximum atomic E-state index is 12.1. The second kappa shape index (κ2) is 12.9. The molecule has 0 saturated heterocycles. The van der Waals surface area contributed by atoms with Gasteiger partial charge < -0.3 is 18.9 Å². The van der Waals surface area contributed by atoms with Gasteiger partial charge in [-0.25, -0.2) is 19.2 Å². The van der Waals surface area contributed by atoms with Crippen LogP contribution in [0.3, 0.4) is 0 Å². The molecule has 2 aromatic rings. The van der Waals surface area contributed by atoms with Gasteiger partial charge in [0.25, 0.3) is 0 Å². The van der Waals surface area contributed by atoms with Crippen molar-refractivity contribution in [3.8, 4) is 0 Å². The molecule has 0 aromatic heterocycles. The van der Waals surface area contributed by atoms with Crippen LogP contribution in [0.1, 0.15) is 68.1 Å². The third kappa shape index (κ3) is 7.54. The van der Waals surface area contributed by atoms with Crippen molar-refractivity contribution >= 4 is 23.9 Å². The Morgan fingerprint density at radius 3 is 1.16 bits per heavy atom. The van der Waals surface area contributed by atoms with E-state index in [1.807, 2.05) is 6.92 Å². The Balaban J connectivity index is 1.75. The molecule has 170 valence electrons. The average Bonchev–Trinajstić information content (AvgIpc) is 2.82. The van der Waals surface area contributed by atoms with Crippen LogP contribution in [0.2, 0.25) is 0 Å². The Morgan fingerprint density at radius 1 is 0.531 bits per heavy atom. The van der Waals surface area contributed by atoms with Crippen molar-refractivity contribution in [3.05, 3.63) is 70.8 Å². The van der Waals surface area contributed by atoms with Crippen molar-refractivity contribution < 1.29 is 38.1 Å². The number of ether oxygens (including phenoxy) is 4. The smallest absolute Gasteiger partial charge is 0.338 e. The summed E-state index contributed by atoms with van der Waals surface area (Å²) in [6.45, 7) is 4.06. The molecule has 0 aliphatic carbocycles. The van der Waals surface area contributed by atoms with Crippen molar-refractivity contribution in [1.29, 1.82) is 0 Å². The van der Waals surface area contributed by atoms with E-state index in [0.29, 0.717) is 17.7 Å². The van der Waals surface area contributed by atoms with E-state index >= 15 is 0 Å². The van der Waals surface area contributed by atoms with E-state index in [4.69, 9.17) is 18.9 Å². The van der Waals surface area contributed by atoms with Crippen LogP contribution in [-0.2, 0) is 18.9 Å². The number of benzene rings is 2. The minimum Gasteiger partial charge on any atom is -0.462 e. The van der Waals surface area contributed by atoms with Gasteiger partial charge in [-0.15, -0.1) is 0 Å². The molecule has 0 fully saturated rings. The molecule has 0 bridgehead atoms. The summed E-state index contributed by atoms with van der Waals surface area (Å²) in [5.74, 6) is -2.13. The van der Waals surface area contributed by atoms with Crippen LogP contribution in [0.15, 0.2) is 48.5 Å². The average molecular weight is 442 g/mol. The van der Waals surface area contributed by atoms with Gasteiger partial charge in [-0.3, -0.25) is 0 Å². The highest BCUT2D eigenvalue weighted by molar-refractivity contribution is 5.94. The molecule has 2 rings (SSSR count). The summed E-state index contributed by atoms with van der Waals surface area (Å²) in [4.78, 5) is 47.6. The molecule has 0 heterocycles. The van der Waals surface area contributed by atoms with Gasteiger partial charge in [0.05, 0.1) is 35.5 Å². The second-order valence-electron chi connectivity index (χ2n) is 6.64. The van der Waals surface area contributed by atoms with Crippen molar-refractivity contribution in [2.24, 2.45) is 0 Å². The lowest BCUT2D eigenvalue weighted by atomic mass is 10.1. The van der Waals surface area contributed by atoms with Gasteiger partial charge in [-0.1, -0.05) is 13.3 Å². The lowest BCUT2D eigenvalue weighted by Gasteiger charge is -2.08. The van der Waals surface area contributed by atoms with Crippen LogP contribution in [0, 0.1) is 0 Å². The maximum Gasteiger partial charge on any atom is 0.338 e. The molecule has 0 amide bonds. The Bertz CT molecular complexity index is 916. The Hall–Kier alpha value is -3.68. The first-order valence-electron chi connectivity index (χ1n) is 10.3. The van der Waals surface area contributed by atoms with Crippen LogP contribution in [-0.4, -0.2) is 50.3 Å². The minimum absolute atomic E-state index is 0.133. The molecular weight excluding hydrogens is 416 g/mol. The predicted molar refractivity (Wildman–Crippen MR) is 115 cm³/mol. The third-order valence-corrected chi connectivity index (χ3v) is 4.27. The van der Waals surface area contributed by atoms with Gasteiger partial charge in [0.1, 0.15) is 13.2 Å². The van der Waals surface area contributed by atoms with E-state index in [0.717, 1.165) is 12.8 Å². The summed E-state index contributed by atoms with van der Waals surface area (Å²) in [5.41, 5.74) is 1.19. The van der Waals surface area contributed by atoms with E-state index in [1.165, 1.54) is 48.5 Å². The monoisotopic (exact) mass is 442 g/mol. The fraction of sp³-hybridized carbons (Fsp3) is 0.333. The van der Waals surface area contributed by atoms with Gasteiger partial charge in [0.15, 0.2) is 0 Å². The van der Waals surface area contributed by atoms with E-state index in [2.05, 4.69) is 0 Å². The highest BCUT2D eigenvalue weighted by Gasteiger charge is 2.13. The quantitative estimate of drug-likeness (QED) is 0.294. The molecule has 8 heteroatoms. The van der Waals surface area contributed by atoms with E-state index in [9.17, 15) is 19.2 Å². The summed E-state index contributed by atoms with van der Waals surface area (Å²) in [7, 11) is 0. The van der Waals surface area contributed by atoms with Crippen LogP contribution in [0.5, 0.6) is 0 Å². The molecule has 0 aliphatic heterocycles. The topological polar surface area (TPSA) is 105 Å². The SMILES string of the molecule is CCCCOC(=O)c1ccc(C(=O)OCCOC(=O)c2ccc(C(=O)OCC)cc2)cc1. The first-order chi connectivity index (χ1) is 15.5. The normalized spacial score (nSPS) is 10.2. The molecule has 32 heavy (non-hydrogen) atoms. The first-order valence-corrected chi connectivity index (χ1v) is 10.3. The van der Waals surface area contributed by atoms with Gasteiger partial charge in [0, 0.05) is 0 Å². The van der Waals surface area contributed by atoms with Crippen molar-refractivity contribution in [2.75, 3.05) is 26.4 Å². The van der Waals surface area contributed by atoms with Gasteiger partial charge in [-0.2, -0.15) is 0 Å². The van der Waals surface area contributed by atoms with Gasteiger partial charge in [-0.05, 0) is 61.9 Å². The Labute approximate surface area is 186 Å². The second-order valence-corrected chi connectivity index (χ2v) is 6.64. The number of rotatable bonds is 11. The number of unbranched alkanes of at least 4 members (excludes halogenated alkanes) is 1. The standard InChI is InChI=1S/C24H26O8/c1-3-5-14-30-22(26)18-10-12-20(13-11-18)24(28)32-16-15-31-23(27)19-8-6-17(7-9-19)21(25)29-4-2/h6-13H,3-5,14-16H2,1-2H3. The van der Waals surface area contributed by atoms with E-state index < -0.39 is 23.9 Å². The van der Waals surface area contributed by atoms with E-state index in [1.54, 1.807) is 6.92 Å². The van der Waals surface area contributed by atoms with Crippen LogP contribution < -0.4 is 0 Å². The minimum atomic E-state index is -0.609. The molecular formula is C24H26O8. The predicted octanol–water partition coefficient (Wildman–Crippen LogP) is 3.83. The van der Waals surface area contributed by atoms with Crippen molar-refractivity contribution in [1.82, 2.24) is 0 Å². The maximum absolute atomic E-state index is 12.1. The molecule has 2 aromatic carbocycles. The van der Waals surface area contributed by atoms with Crippen LogP contribution in [0.4, 0.5) is 0 Å². The highest BCUT2D eigenvalue weighted by Crippen LogP contribution is 2.09. The van der Waals surface area contributed by atoms with Crippen molar-refractivity contribution in [2.45, 2.75) is 26.7 Å². The summed E-state index contributed by atoms with van der Waals surface area (Å²) >= 11 is 0.